The number of thiophene rings is 1. The summed E-state index contributed by atoms with van der Waals surface area (Å²) in [5.41, 5.74) is 4.04. The number of amides is 1. The van der Waals surface area contributed by atoms with E-state index in [0.29, 0.717) is 42.6 Å². The predicted molar refractivity (Wildman–Crippen MR) is 162 cm³/mol. The Hall–Kier alpha value is -4.52. The number of carbonyl (C=O) groups is 1. The summed E-state index contributed by atoms with van der Waals surface area (Å²) >= 11 is 1.36. The standard InChI is InChI=1S/C29H31N7O4S/c37-29(28-26(10-18-41-28)32-19-21-9-11-30-25-4-2-1-3-24(21)25)34-23-7-5-22(6-8-23)33-27(20-36(38)39)31-12-13-35-14-16-40-17-15-35/h1-11,18,20,31-33H,12-17,19H2,(H,34,37)/b27-20-. The third-order valence-corrected chi connectivity index (χ3v) is 7.50. The average Bonchev–Trinajstić information content (AvgIpc) is 3.46. The number of nitrogens with one attached hydrogen (secondary N) is 4. The van der Waals surface area contributed by atoms with Crippen LogP contribution in [0.2, 0.25) is 0 Å². The molecule has 1 amide bonds. The summed E-state index contributed by atoms with van der Waals surface area (Å²) in [5, 5.41) is 26.6. The van der Waals surface area contributed by atoms with Gasteiger partial charge in [-0.25, -0.2) is 0 Å². The Morgan fingerprint density at radius 2 is 1.80 bits per heavy atom. The van der Waals surface area contributed by atoms with Crippen LogP contribution >= 0.6 is 11.3 Å². The SMILES string of the molecule is O=C(Nc1ccc(N/C(=C\[N+](=O)[O-])NCCN2CCOCC2)cc1)c1sccc1NCc1ccnc2ccccc12. The lowest BCUT2D eigenvalue weighted by atomic mass is 10.1. The molecule has 0 atom stereocenters. The fraction of sp³-hybridized carbons (Fsp3) is 0.241. The monoisotopic (exact) mass is 573 g/mol. The molecule has 2 aromatic heterocycles. The van der Waals surface area contributed by atoms with Crippen LogP contribution in [0.3, 0.4) is 0 Å². The maximum atomic E-state index is 13.1. The van der Waals surface area contributed by atoms with Crippen LogP contribution in [0.5, 0.6) is 0 Å². The van der Waals surface area contributed by atoms with Crippen molar-refractivity contribution >= 4 is 45.2 Å². The second-order valence-corrected chi connectivity index (χ2v) is 10.3. The molecule has 0 radical (unpaired) electrons. The van der Waals surface area contributed by atoms with Crippen LogP contribution in [-0.4, -0.2) is 60.1 Å². The molecular weight excluding hydrogens is 542 g/mol. The van der Waals surface area contributed by atoms with Crippen molar-refractivity contribution in [1.29, 1.82) is 0 Å². The molecule has 212 valence electrons. The fourth-order valence-electron chi connectivity index (χ4n) is 4.51. The van der Waals surface area contributed by atoms with Gasteiger partial charge >= 0.3 is 0 Å². The second kappa shape index (κ2) is 13.7. The number of rotatable bonds is 12. The number of para-hydroxylation sites is 1. The van der Waals surface area contributed by atoms with E-state index in [1.807, 2.05) is 41.8 Å². The molecule has 1 fully saturated rings. The van der Waals surface area contributed by atoms with E-state index in [4.69, 9.17) is 4.74 Å². The molecule has 0 spiro atoms. The van der Waals surface area contributed by atoms with Crippen molar-refractivity contribution in [1.82, 2.24) is 15.2 Å². The lowest BCUT2D eigenvalue weighted by molar-refractivity contribution is -0.403. The number of aromatic nitrogens is 1. The van der Waals surface area contributed by atoms with Gasteiger partial charge in [-0.3, -0.25) is 24.8 Å². The summed E-state index contributed by atoms with van der Waals surface area (Å²) in [5.74, 6) is 0.0674. The van der Waals surface area contributed by atoms with Crippen LogP contribution in [0.15, 0.2) is 84.3 Å². The molecule has 1 aliphatic heterocycles. The molecule has 1 saturated heterocycles. The number of pyridine rings is 1. The highest BCUT2D eigenvalue weighted by atomic mass is 32.1. The molecule has 3 heterocycles. The van der Waals surface area contributed by atoms with Crippen molar-refractivity contribution in [2.75, 3.05) is 55.3 Å². The van der Waals surface area contributed by atoms with E-state index in [-0.39, 0.29) is 11.7 Å². The maximum absolute atomic E-state index is 13.1. The summed E-state index contributed by atoms with van der Waals surface area (Å²) in [6.45, 7) is 4.96. The molecule has 0 saturated carbocycles. The predicted octanol–water partition coefficient (Wildman–Crippen LogP) is 4.57. The quantitative estimate of drug-likeness (QED) is 0.142. The topological polar surface area (TPSA) is 134 Å². The van der Waals surface area contributed by atoms with Crippen LogP contribution in [0.1, 0.15) is 15.2 Å². The third-order valence-electron chi connectivity index (χ3n) is 6.58. The van der Waals surface area contributed by atoms with Gasteiger partial charge in [0.2, 0.25) is 0 Å². The lowest BCUT2D eigenvalue weighted by Crippen LogP contribution is -2.40. The molecule has 12 heteroatoms. The Morgan fingerprint density at radius 1 is 1.05 bits per heavy atom. The Bertz CT molecular complexity index is 1510. The van der Waals surface area contributed by atoms with Gasteiger partial charge in [-0.05, 0) is 53.4 Å². The molecule has 0 aliphatic carbocycles. The van der Waals surface area contributed by atoms with E-state index in [0.717, 1.165) is 48.0 Å². The first-order chi connectivity index (χ1) is 20.0. The second-order valence-electron chi connectivity index (χ2n) is 9.37. The Labute approximate surface area is 241 Å². The van der Waals surface area contributed by atoms with Crippen molar-refractivity contribution in [3.8, 4) is 0 Å². The highest BCUT2D eigenvalue weighted by molar-refractivity contribution is 7.12. The summed E-state index contributed by atoms with van der Waals surface area (Å²) in [6, 6.07) is 18.9. The summed E-state index contributed by atoms with van der Waals surface area (Å²) in [4.78, 5) is 30.9. The maximum Gasteiger partial charge on any atom is 0.274 e. The minimum absolute atomic E-state index is 0.221. The molecular formula is C29H31N7O4S. The van der Waals surface area contributed by atoms with Crippen molar-refractivity contribution in [2.45, 2.75) is 6.54 Å². The normalized spacial score (nSPS) is 14.0. The number of carbonyl (C=O) groups excluding carboxylic acids is 1. The zero-order valence-corrected chi connectivity index (χ0v) is 23.2. The molecule has 0 bridgehead atoms. The Kier molecular flexibility index (Phi) is 9.37. The van der Waals surface area contributed by atoms with Crippen LogP contribution in [0, 0.1) is 10.1 Å². The Balaban J connectivity index is 1.16. The van der Waals surface area contributed by atoms with E-state index in [1.165, 1.54) is 11.3 Å². The molecule has 4 N–H and O–H groups in total. The van der Waals surface area contributed by atoms with Gasteiger partial charge in [0.25, 0.3) is 12.1 Å². The van der Waals surface area contributed by atoms with Crippen molar-refractivity contribution in [2.24, 2.45) is 0 Å². The van der Waals surface area contributed by atoms with Gasteiger partial charge in [-0.1, -0.05) is 18.2 Å². The smallest absolute Gasteiger partial charge is 0.274 e. The van der Waals surface area contributed by atoms with Crippen molar-refractivity contribution in [3.63, 3.8) is 0 Å². The number of fused-ring (bicyclic) bond motifs is 1. The molecule has 1 aliphatic rings. The molecule has 41 heavy (non-hydrogen) atoms. The number of ether oxygens (including phenoxy) is 1. The van der Waals surface area contributed by atoms with E-state index < -0.39 is 4.92 Å². The van der Waals surface area contributed by atoms with E-state index in [9.17, 15) is 14.9 Å². The summed E-state index contributed by atoms with van der Waals surface area (Å²) in [6.07, 6.45) is 2.70. The van der Waals surface area contributed by atoms with E-state index >= 15 is 0 Å². The van der Waals surface area contributed by atoms with Gasteiger partial charge in [-0.2, -0.15) is 0 Å². The summed E-state index contributed by atoms with van der Waals surface area (Å²) < 4.78 is 5.35. The Morgan fingerprint density at radius 3 is 2.59 bits per heavy atom. The van der Waals surface area contributed by atoms with Gasteiger partial charge < -0.3 is 26.0 Å². The number of hydrogen-bond donors (Lipinski definition) is 4. The minimum Gasteiger partial charge on any atom is -0.380 e. The van der Waals surface area contributed by atoms with Gasteiger partial charge in [0.1, 0.15) is 4.88 Å². The molecule has 5 rings (SSSR count). The van der Waals surface area contributed by atoms with Crippen molar-refractivity contribution in [3.05, 3.63) is 105 Å². The van der Waals surface area contributed by atoms with Gasteiger partial charge in [0.05, 0.1) is 29.3 Å². The number of anilines is 3. The van der Waals surface area contributed by atoms with E-state index in [1.54, 1.807) is 30.5 Å². The largest absolute Gasteiger partial charge is 0.380 e. The first kappa shape index (κ1) is 28.0. The highest BCUT2D eigenvalue weighted by Gasteiger charge is 2.15. The molecule has 11 nitrogen and oxygen atoms in total. The fourth-order valence-corrected chi connectivity index (χ4v) is 5.27. The highest BCUT2D eigenvalue weighted by Crippen LogP contribution is 2.26. The molecule has 4 aromatic rings. The number of nitro groups is 1. The first-order valence-electron chi connectivity index (χ1n) is 13.3. The lowest BCUT2D eigenvalue weighted by Gasteiger charge is -2.26. The van der Waals surface area contributed by atoms with Gasteiger partial charge in [-0.15, -0.1) is 11.3 Å². The number of morpholine rings is 1. The van der Waals surface area contributed by atoms with E-state index in [2.05, 4.69) is 31.2 Å². The summed E-state index contributed by atoms with van der Waals surface area (Å²) in [7, 11) is 0. The molecule has 0 unspecified atom stereocenters. The first-order valence-corrected chi connectivity index (χ1v) is 14.1. The van der Waals surface area contributed by atoms with Crippen molar-refractivity contribution < 1.29 is 14.5 Å². The zero-order chi connectivity index (χ0) is 28.4. The molecule has 2 aromatic carbocycles. The van der Waals surface area contributed by atoms with Crippen LogP contribution in [-0.2, 0) is 11.3 Å². The number of nitrogens with zero attached hydrogens (tertiary/aromatic N) is 3. The van der Waals surface area contributed by atoms with Crippen LogP contribution < -0.4 is 21.3 Å². The zero-order valence-electron chi connectivity index (χ0n) is 22.3. The van der Waals surface area contributed by atoms with Gasteiger partial charge in [0, 0.05) is 55.7 Å². The van der Waals surface area contributed by atoms with Crippen LogP contribution in [0.4, 0.5) is 17.1 Å². The average molecular weight is 574 g/mol. The number of hydrogen-bond acceptors (Lipinski definition) is 10. The number of benzene rings is 2. The van der Waals surface area contributed by atoms with Gasteiger partial charge in [0.15, 0.2) is 5.82 Å². The third kappa shape index (κ3) is 7.78. The van der Waals surface area contributed by atoms with Crippen LogP contribution in [0.25, 0.3) is 10.9 Å². The minimum atomic E-state index is -0.498.